The average Bonchev–Trinajstić information content (AvgIpc) is 2.75. The third kappa shape index (κ3) is 2.71. The normalized spacial score (nSPS) is 24.0. The van der Waals surface area contributed by atoms with Crippen LogP contribution in [-0.2, 0) is 14.4 Å². The number of anilines is 1. The maximum Gasteiger partial charge on any atom is 0.251 e. The molecule has 0 saturated carbocycles. The van der Waals surface area contributed by atoms with Crippen LogP contribution in [0.15, 0.2) is 24.3 Å². The molecule has 0 unspecified atom stereocenters. The van der Waals surface area contributed by atoms with Gasteiger partial charge in [-0.2, -0.15) is 0 Å². The quantitative estimate of drug-likeness (QED) is 0.779. The summed E-state index contributed by atoms with van der Waals surface area (Å²) in [5.74, 6) is -0.226. The van der Waals surface area contributed by atoms with Crippen molar-refractivity contribution in [3.8, 4) is 0 Å². The Morgan fingerprint density at radius 3 is 2.48 bits per heavy atom. The van der Waals surface area contributed by atoms with E-state index in [4.69, 9.17) is 11.6 Å². The van der Waals surface area contributed by atoms with E-state index in [9.17, 15) is 14.4 Å². The number of piperidine rings is 1. The van der Waals surface area contributed by atoms with Crippen LogP contribution >= 0.6 is 11.6 Å². The van der Waals surface area contributed by atoms with Gasteiger partial charge in [0.1, 0.15) is 5.78 Å². The van der Waals surface area contributed by atoms with Crippen molar-refractivity contribution in [2.24, 2.45) is 0 Å². The lowest BCUT2D eigenvalue weighted by atomic mass is 10.1. The lowest BCUT2D eigenvalue weighted by Crippen LogP contribution is -2.46. The number of rotatable bonds is 2. The van der Waals surface area contributed by atoms with Gasteiger partial charge in [-0.05, 0) is 18.2 Å². The van der Waals surface area contributed by atoms with Crippen molar-refractivity contribution in [2.45, 2.75) is 25.3 Å². The maximum atomic E-state index is 12.5. The topological polar surface area (TPSA) is 57.7 Å². The maximum absolute atomic E-state index is 12.5. The van der Waals surface area contributed by atoms with Gasteiger partial charge in [0, 0.05) is 31.0 Å². The minimum absolute atomic E-state index is 0.166. The fraction of sp³-hybridized carbons (Fsp3) is 0.400. The number of Topliss-reactive ketones (excluding diaryl/α,β-unsaturated/α-hetero) is 1. The van der Waals surface area contributed by atoms with Crippen molar-refractivity contribution < 1.29 is 14.4 Å². The number of nitrogens with zero attached hydrogens (tertiary/aromatic N) is 2. The molecular weight excluding hydrogens is 292 g/mol. The van der Waals surface area contributed by atoms with Gasteiger partial charge < -0.3 is 0 Å². The molecule has 0 radical (unpaired) electrons. The van der Waals surface area contributed by atoms with Crippen LogP contribution in [0.2, 0.25) is 5.02 Å². The Morgan fingerprint density at radius 1 is 1.10 bits per heavy atom. The molecule has 2 heterocycles. The zero-order valence-electron chi connectivity index (χ0n) is 11.4. The zero-order chi connectivity index (χ0) is 15.0. The Labute approximate surface area is 127 Å². The lowest BCUT2D eigenvalue weighted by Gasteiger charge is -2.29. The van der Waals surface area contributed by atoms with E-state index in [1.807, 2.05) is 4.90 Å². The fourth-order valence-corrected chi connectivity index (χ4v) is 3.06. The Kier molecular flexibility index (Phi) is 3.78. The molecule has 3 rings (SSSR count). The first kappa shape index (κ1) is 14.2. The van der Waals surface area contributed by atoms with Crippen LogP contribution in [-0.4, -0.2) is 41.6 Å². The van der Waals surface area contributed by atoms with Gasteiger partial charge in [0.25, 0.3) is 5.91 Å². The van der Waals surface area contributed by atoms with Gasteiger partial charge in [0.05, 0.1) is 18.2 Å². The van der Waals surface area contributed by atoms with Gasteiger partial charge in [0.2, 0.25) is 5.91 Å². The monoisotopic (exact) mass is 306 g/mol. The number of carbonyl (C=O) groups excluding carboxylic acids is 3. The molecule has 2 aliphatic rings. The van der Waals surface area contributed by atoms with Crippen LogP contribution in [0.4, 0.5) is 5.69 Å². The van der Waals surface area contributed by atoms with Gasteiger partial charge in [-0.15, -0.1) is 0 Å². The second-order valence-corrected chi connectivity index (χ2v) is 5.78. The summed E-state index contributed by atoms with van der Waals surface area (Å²) in [5, 5.41) is 0.486. The van der Waals surface area contributed by atoms with Crippen LogP contribution < -0.4 is 4.90 Å². The first-order valence-electron chi connectivity index (χ1n) is 6.94. The molecule has 0 aromatic heterocycles. The average molecular weight is 307 g/mol. The van der Waals surface area contributed by atoms with E-state index < -0.39 is 6.04 Å². The molecule has 1 aromatic rings. The molecule has 21 heavy (non-hydrogen) atoms. The molecule has 2 saturated heterocycles. The van der Waals surface area contributed by atoms with E-state index in [1.165, 1.54) is 4.90 Å². The summed E-state index contributed by atoms with van der Waals surface area (Å²) in [6, 6.07) is 6.27. The molecule has 1 atom stereocenters. The summed E-state index contributed by atoms with van der Waals surface area (Å²) in [7, 11) is 0. The van der Waals surface area contributed by atoms with E-state index in [1.54, 1.807) is 24.3 Å². The summed E-state index contributed by atoms with van der Waals surface area (Å²) in [6.07, 6.45) is 1.07. The Morgan fingerprint density at radius 2 is 1.81 bits per heavy atom. The van der Waals surface area contributed by atoms with Gasteiger partial charge in [-0.25, -0.2) is 4.90 Å². The van der Waals surface area contributed by atoms with E-state index in [0.29, 0.717) is 36.6 Å². The fourth-order valence-electron chi connectivity index (χ4n) is 2.87. The van der Waals surface area contributed by atoms with Crippen molar-refractivity contribution in [2.75, 3.05) is 18.0 Å². The molecule has 110 valence electrons. The van der Waals surface area contributed by atoms with Crippen LogP contribution in [0.3, 0.4) is 0 Å². The molecule has 5 nitrogen and oxygen atoms in total. The van der Waals surface area contributed by atoms with Crippen LogP contribution in [0.5, 0.6) is 0 Å². The second-order valence-electron chi connectivity index (χ2n) is 5.34. The Bertz CT molecular complexity index is 607. The van der Waals surface area contributed by atoms with Crippen LogP contribution in [0, 0.1) is 0 Å². The summed E-state index contributed by atoms with van der Waals surface area (Å²) < 4.78 is 0. The number of carbonyl (C=O) groups is 3. The van der Waals surface area contributed by atoms with E-state index in [2.05, 4.69) is 0 Å². The molecule has 6 heteroatoms. The van der Waals surface area contributed by atoms with Crippen LogP contribution in [0.1, 0.15) is 19.3 Å². The molecule has 0 spiro atoms. The predicted octanol–water partition coefficient (Wildman–Crippen LogP) is 1.64. The number of halogens is 1. The van der Waals surface area contributed by atoms with Gasteiger partial charge in [0.15, 0.2) is 0 Å². The van der Waals surface area contributed by atoms with Gasteiger partial charge in [-0.3, -0.25) is 19.3 Å². The summed E-state index contributed by atoms with van der Waals surface area (Å²) >= 11 is 5.92. The SMILES string of the molecule is O=C1CCN([C@@H]2CC(=O)N(c3cccc(Cl)c3)C2=O)CC1. The Hall–Kier alpha value is -1.72. The van der Waals surface area contributed by atoms with Gasteiger partial charge in [-0.1, -0.05) is 17.7 Å². The van der Waals surface area contributed by atoms with Crippen molar-refractivity contribution in [3.05, 3.63) is 29.3 Å². The molecule has 0 N–H and O–H groups in total. The van der Waals surface area contributed by atoms with Crippen LogP contribution in [0.25, 0.3) is 0 Å². The minimum atomic E-state index is -0.454. The minimum Gasteiger partial charge on any atom is -0.300 e. The third-order valence-corrected chi connectivity index (χ3v) is 4.22. The molecule has 1 aromatic carbocycles. The Balaban J connectivity index is 1.81. The second kappa shape index (κ2) is 5.58. The molecule has 0 bridgehead atoms. The standard InChI is InChI=1S/C15H15ClN2O3/c16-10-2-1-3-11(8-10)18-14(20)9-13(15(18)21)17-6-4-12(19)5-7-17/h1-3,8,13H,4-7,9H2/t13-/m1/s1. The first-order valence-corrected chi connectivity index (χ1v) is 7.32. The number of amides is 2. The molecule has 2 aliphatic heterocycles. The summed E-state index contributed by atoms with van der Waals surface area (Å²) in [6.45, 7) is 1.10. The number of hydrogen-bond acceptors (Lipinski definition) is 4. The summed E-state index contributed by atoms with van der Waals surface area (Å²) in [5.41, 5.74) is 0.507. The van der Waals surface area contributed by atoms with Crippen molar-refractivity contribution >= 4 is 34.9 Å². The number of likely N-dealkylation sites (tertiary alicyclic amines) is 1. The lowest BCUT2D eigenvalue weighted by molar-refractivity contribution is -0.127. The predicted molar refractivity (Wildman–Crippen MR) is 78.2 cm³/mol. The first-order chi connectivity index (χ1) is 10.1. The smallest absolute Gasteiger partial charge is 0.251 e. The highest BCUT2D eigenvalue weighted by molar-refractivity contribution is 6.31. The number of ketones is 1. The third-order valence-electron chi connectivity index (χ3n) is 3.99. The number of hydrogen-bond donors (Lipinski definition) is 0. The van der Waals surface area contributed by atoms with E-state index in [0.717, 1.165) is 0 Å². The van der Waals surface area contributed by atoms with E-state index in [-0.39, 0.29) is 24.0 Å². The summed E-state index contributed by atoms with van der Waals surface area (Å²) in [4.78, 5) is 39.2. The molecule has 2 fully saturated rings. The largest absolute Gasteiger partial charge is 0.300 e. The molecule has 0 aliphatic carbocycles. The zero-order valence-corrected chi connectivity index (χ0v) is 12.2. The van der Waals surface area contributed by atoms with Gasteiger partial charge >= 0.3 is 0 Å². The van der Waals surface area contributed by atoms with Crippen molar-refractivity contribution in [1.29, 1.82) is 0 Å². The highest BCUT2D eigenvalue weighted by Crippen LogP contribution is 2.28. The van der Waals surface area contributed by atoms with Crippen molar-refractivity contribution in [1.82, 2.24) is 4.90 Å². The molecule has 2 amide bonds. The molecular formula is C15H15ClN2O3. The van der Waals surface area contributed by atoms with E-state index >= 15 is 0 Å². The number of imide groups is 1. The highest BCUT2D eigenvalue weighted by Gasteiger charge is 2.43. The van der Waals surface area contributed by atoms with Crippen molar-refractivity contribution in [3.63, 3.8) is 0 Å². The highest BCUT2D eigenvalue weighted by atomic mass is 35.5. The number of benzene rings is 1.